The van der Waals surface area contributed by atoms with E-state index in [1.54, 1.807) is 13.8 Å². The molecule has 0 saturated carbocycles. The van der Waals surface area contributed by atoms with Gasteiger partial charge in [0, 0.05) is 6.04 Å². The highest BCUT2D eigenvalue weighted by Crippen LogP contribution is 2.23. The van der Waals surface area contributed by atoms with Gasteiger partial charge in [0.15, 0.2) is 5.16 Å². The summed E-state index contributed by atoms with van der Waals surface area (Å²) in [5, 5.41) is 12.7. The van der Waals surface area contributed by atoms with Crippen LogP contribution in [0.1, 0.15) is 38.1 Å². The fraction of sp³-hybridized carbons (Fsp3) is 0.474. The molecule has 0 aliphatic rings. The molecule has 0 bridgehead atoms. The van der Waals surface area contributed by atoms with Crippen molar-refractivity contribution < 1.29 is 19.4 Å². The van der Waals surface area contributed by atoms with Gasteiger partial charge in [-0.2, -0.15) is 0 Å². The van der Waals surface area contributed by atoms with Gasteiger partial charge in [0.2, 0.25) is 5.91 Å². The molecule has 1 aromatic carbocycles. The van der Waals surface area contributed by atoms with Crippen LogP contribution in [0.3, 0.4) is 0 Å². The minimum atomic E-state index is -0.773. The Hall–Kier alpha value is -2.39. The number of methoxy groups -OCH3 is 1. The Morgan fingerprint density at radius 2 is 1.96 bits per heavy atom. The molecule has 0 aliphatic carbocycles. The van der Waals surface area contributed by atoms with Gasteiger partial charge in [-0.1, -0.05) is 11.8 Å². The minimum Gasteiger partial charge on any atom is -0.465 e. The third-order valence-corrected chi connectivity index (χ3v) is 4.96. The van der Waals surface area contributed by atoms with Crippen molar-refractivity contribution in [3.63, 3.8) is 0 Å². The molecular weight excluding hydrogens is 382 g/mol. The lowest BCUT2D eigenvalue weighted by Crippen LogP contribution is -2.36. The highest BCUT2D eigenvalue weighted by atomic mass is 32.2. The van der Waals surface area contributed by atoms with E-state index in [0.29, 0.717) is 16.1 Å². The van der Waals surface area contributed by atoms with Crippen LogP contribution in [0.2, 0.25) is 0 Å². The van der Waals surface area contributed by atoms with E-state index >= 15 is 0 Å². The fourth-order valence-corrected chi connectivity index (χ4v) is 3.50. The molecule has 0 saturated heterocycles. The van der Waals surface area contributed by atoms with E-state index in [0.717, 1.165) is 11.8 Å². The number of carbonyl (C=O) groups is 2. The molecule has 1 amide bonds. The average molecular weight is 407 g/mol. The molecule has 2 rings (SSSR count). The van der Waals surface area contributed by atoms with E-state index in [9.17, 15) is 19.5 Å². The Balaban J connectivity index is 2.55. The molecule has 2 atom stereocenters. The van der Waals surface area contributed by atoms with E-state index < -0.39 is 17.3 Å². The second kappa shape index (κ2) is 9.20. The summed E-state index contributed by atoms with van der Waals surface area (Å²) in [4.78, 5) is 41.5. The highest BCUT2D eigenvalue weighted by Gasteiger charge is 2.21. The summed E-state index contributed by atoms with van der Waals surface area (Å²) >= 11 is 1.12. The highest BCUT2D eigenvalue weighted by molar-refractivity contribution is 8.00. The van der Waals surface area contributed by atoms with Crippen LogP contribution < -0.4 is 10.9 Å². The van der Waals surface area contributed by atoms with E-state index in [-0.39, 0.29) is 29.6 Å². The number of hydrogen-bond donors (Lipinski definition) is 2. The average Bonchev–Trinajstić information content (AvgIpc) is 2.62. The van der Waals surface area contributed by atoms with Crippen LogP contribution >= 0.6 is 11.8 Å². The summed E-state index contributed by atoms with van der Waals surface area (Å²) in [6.45, 7) is 7.06. The van der Waals surface area contributed by atoms with Gasteiger partial charge in [-0.05, 0) is 45.9 Å². The summed E-state index contributed by atoms with van der Waals surface area (Å²) in [7, 11) is 1.27. The van der Waals surface area contributed by atoms with Crippen molar-refractivity contribution in [2.75, 3.05) is 7.11 Å². The van der Waals surface area contributed by atoms with Gasteiger partial charge in [0.05, 0.1) is 41.5 Å². The second-order valence-electron chi connectivity index (χ2n) is 6.81. The van der Waals surface area contributed by atoms with Crippen LogP contribution in [-0.2, 0) is 16.1 Å². The smallest absolute Gasteiger partial charge is 0.337 e. The summed E-state index contributed by atoms with van der Waals surface area (Å²) in [6.07, 6.45) is -0.773. The van der Waals surface area contributed by atoms with Crippen molar-refractivity contribution in [1.29, 1.82) is 0 Å². The topological polar surface area (TPSA) is 111 Å². The molecule has 8 nitrogen and oxygen atoms in total. The zero-order valence-electron chi connectivity index (χ0n) is 16.6. The van der Waals surface area contributed by atoms with Gasteiger partial charge in [-0.25, -0.2) is 9.78 Å². The van der Waals surface area contributed by atoms with E-state index in [2.05, 4.69) is 10.3 Å². The number of benzene rings is 1. The number of hydrogen-bond acceptors (Lipinski definition) is 7. The van der Waals surface area contributed by atoms with Crippen molar-refractivity contribution in [1.82, 2.24) is 14.9 Å². The van der Waals surface area contributed by atoms with Crippen LogP contribution in [0.25, 0.3) is 10.9 Å². The molecule has 1 heterocycles. The number of thioether (sulfide) groups is 1. The van der Waals surface area contributed by atoms with Crippen LogP contribution in [-0.4, -0.2) is 51.0 Å². The molecule has 2 N–H and O–H groups in total. The predicted molar refractivity (Wildman–Crippen MR) is 108 cm³/mol. The first-order valence-electron chi connectivity index (χ1n) is 8.92. The Morgan fingerprint density at radius 3 is 2.54 bits per heavy atom. The monoisotopic (exact) mass is 407 g/mol. The number of nitrogens with one attached hydrogen (secondary N) is 1. The van der Waals surface area contributed by atoms with Crippen molar-refractivity contribution in [2.24, 2.45) is 0 Å². The van der Waals surface area contributed by atoms with Crippen molar-refractivity contribution in [3.8, 4) is 0 Å². The first kappa shape index (κ1) is 21.9. The van der Waals surface area contributed by atoms with Crippen LogP contribution in [0.15, 0.2) is 28.2 Å². The maximum atomic E-state index is 12.9. The largest absolute Gasteiger partial charge is 0.465 e. The van der Waals surface area contributed by atoms with Crippen LogP contribution in [0.4, 0.5) is 0 Å². The molecule has 2 aromatic rings. The lowest BCUT2D eigenvalue weighted by atomic mass is 10.1. The molecular formula is C19H25N3O5S. The lowest BCUT2D eigenvalue weighted by Gasteiger charge is -2.18. The summed E-state index contributed by atoms with van der Waals surface area (Å²) in [6, 6.07) is 4.48. The number of aliphatic hydroxyl groups excluding tert-OH is 1. The second-order valence-corrected chi connectivity index (χ2v) is 8.11. The molecule has 9 heteroatoms. The molecule has 0 fully saturated rings. The van der Waals surface area contributed by atoms with Gasteiger partial charge < -0.3 is 15.2 Å². The summed E-state index contributed by atoms with van der Waals surface area (Å²) in [5.74, 6) is -0.711. The molecule has 152 valence electrons. The number of aromatic nitrogens is 2. The molecule has 0 radical (unpaired) electrons. The molecule has 1 aromatic heterocycles. The van der Waals surface area contributed by atoms with E-state index in [4.69, 9.17) is 4.74 Å². The van der Waals surface area contributed by atoms with Gasteiger partial charge in [0.1, 0.15) is 0 Å². The van der Waals surface area contributed by atoms with Gasteiger partial charge in [-0.15, -0.1) is 0 Å². The Labute approximate surface area is 167 Å². The Kier molecular flexibility index (Phi) is 7.20. The predicted octanol–water partition coefficient (Wildman–Crippen LogP) is 1.57. The third kappa shape index (κ3) is 5.11. The normalized spacial score (nSPS) is 13.4. The van der Waals surface area contributed by atoms with Crippen molar-refractivity contribution in [3.05, 3.63) is 34.1 Å². The van der Waals surface area contributed by atoms with E-state index in [1.165, 1.54) is 29.9 Å². The zero-order chi connectivity index (χ0) is 21.0. The molecule has 0 aliphatic heterocycles. The first-order chi connectivity index (χ1) is 13.1. The van der Waals surface area contributed by atoms with Gasteiger partial charge in [-0.3, -0.25) is 14.2 Å². The fourth-order valence-electron chi connectivity index (χ4n) is 2.57. The summed E-state index contributed by atoms with van der Waals surface area (Å²) in [5.41, 5.74) is 0.256. The number of ether oxygens (including phenoxy) is 1. The number of amides is 1. The quantitative estimate of drug-likeness (QED) is 0.407. The lowest BCUT2D eigenvalue weighted by molar-refractivity contribution is -0.120. The molecule has 0 unspecified atom stereocenters. The molecule has 28 heavy (non-hydrogen) atoms. The van der Waals surface area contributed by atoms with Crippen LogP contribution in [0.5, 0.6) is 0 Å². The maximum absolute atomic E-state index is 12.9. The third-order valence-electron chi connectivity index (χ3n) is 3.87. The van der Waals surface area contributed by atoms with E-state index in [1.807, 2.05) is 13.8 Å². The number of aliphatic hydroxyl groups is 1. The number of nitrogens with zero attached hydrogens (tertiary/aromatic N) is 2. The number of fused-ring (bicyclic) bond motifs is 1. The first-order valence-corrected chi connectivity index (χ1v) is 9.80. The van der Waals surface area contributed by atoms with Crippen LogP contribution in [0, 0.1) is 0 Å². The maximum Gasteiger partial charge on any atom is 0.337 e. The van der Waals surface area contributed by atoms with Crippen molar-refractivity contribution >= 4 is 34.5 Å². The minimum absolute atomic E-state index is 0.0117. The SMILES string of the molecule is COC(=O)c1ccc2c(=O)n(C[C@@H](C)O)c(S[C@H](C)C(=O)NC(C)C)nc2c1. The van der Waals surface area contributed by atoms with Gasteiger partial charge in [0.25, 0.3) is 5.56 Å². The van der Waals surface area contributed by atoms with Gasteiger partial charge >= 0.3 is 5.97 Å². The Bertz CT molecular complexity index is 939. The summed E-state index contributed by atoms with van der Waals surface area (Å²) < 4.78 is 6.07. The standard InChI is InChI=1S/C19H25N3O5S/c1-10(2)20-16(24)12(4)28-19-21-15-8-13(18(26)27-5)6-7-14(15)17(25)22(19)9-11(3)23/h6-8,10-12,23H,9H2,1-5H3,(H,20,24)/t11-,12-/m1/s1. The van der Waals surface area contributed by atoms with Crippen molar-refractivity contribution in [2.45, 2.75) is 56.8 Å². The Morgan fingerprint density at radius 1 is 1.29 bits per heavy atom. The number of carbonyl (C=O) groups excluding carboxylic acids is 2. The number of esters is 1. The number of rotatable bonds is 7. The zero-order valence-corrected chi connectivity index (χ0v) is 17.4. The molecule has 0 spiro atoms.